The summed E-state index contributed by atoms with van der Waals surface area (Å²) in [5.74, 6) is 2.65. The summed E-state index contributed by atoms with van der Waals surface area (Å²) in [6.45, 7) is 7.07. The molecule has 0 radical (unpaired) electrons. The molecule has 128 valence electrons. The van der Waals surface area contributed by atoms with Crippen LogP contribution in [0.25, 0.3) is 11.2 Å². The van der Waals surface area contributed by atoms with Crippen LogP contribution in [0.4, 0.5) is 0 Å². The first-order chi connectivity index (χ1) is 12.0. The zero-order chi connectivity index (χ0) is 18.0. The predicted octanol–water partition coefficient (Wildman–Crippen LogP) is 3.73. The monoisotopic (exact) mass is 351 g/mol. The first-order valence-corrected chi connectivity index (χ1v) is 9.00. The Bertz CT molecular complexity index is 999. The molecular formula is C19H21N5S. The summed E-state index contributed by atoms with van der Waals surface area (Å²) in [6, 6.07) is 4.35. The number of hydrogen-bond acceptors (Lipinski definition) is 4. The summed E-state index contributed by atoms with van der Waals surface area (Å²) in [7, 11) is 0. The fourth-order valence-corrected chi connectivity index (χ4v) is 3.87. The average molecular weight is 351 g/mol. The van der Waals surface area contributed by atoms with E-state index >= 15 is 0 Å². The molecule has 0 saturated heterocycles. The minimum absolute atomic E-state index is 0.208. The molecule has 0 amide bonds. The SMILES string of the molecule is C#CCCCn1cnc(=N)c2[nH]c(Sc3c(C)cc(C)cc3C)nc21. The Kier molecular flexibility index (Phi) is 4.95. The number of H-pyrrole nitrogens is 1. The maximum Gasteiger partial charge on any atom is 0.173 e. The summed E-state index contributed by atoms with van der Waals surface area (Å²) < 4.78 is 1.96. The number of imidazole rings is 1. The highest BCUT2D eigenvalue weighted by Crippen LogP contribution is 2.32. The third-order valence-electron chi connectivity index (χ3n) is 4.02. The lowest BCUT2D eigenvalue weighted by Crippen LogP contribution is -2.12. The van der Waals surface area contributed by atoms with Crippen molar-refractivity contribution in [3.63, 3.8) is 0 Å². The molecule has 5 nitrogen and oxygen atoms in total. The number of nitrogens with one attached hydrogen (secondary N) is 2. The number of aryl methyl sites for hydroxylation is 4. The van der Waals surface area contributed by atoms with Crippen LogP contribution in [0.15, 0.2) is 28.5 Å². The minimum Gasteiger partial charge on any atom is -0.328 e. The van der Waals surface area contributed by atoms with Gasteiger partial charge in [0.1, 0.15) is 5.52 Å². The van der Waals surface area contributed by atoms with Crippen molar-refractivity contribution in [3.05, 3.63) is 40.6 Å². The number of hydrogen-bond donors (Lipinski definition) is 2. The molecule has 6 heteroatoms. The Balaban J connectivity index is 1.99. The van der Waals surface area contributed by atoms with E-state index in [1.165, 1.54) is 21.6 Å². The molecule has 0 aliphatic heterocycles. The highest BCUT2D eigenvalue weighted by atomic mass is 32.2. The Morgan fingerprint density at radius 1 is 1.28 bits per heavy atom. The number of rotatable bonds is 5. The molecule has 0 atom stereocenters. The van der Waals surface area contributed by atoms with Gasteiger partial charge in [0.2, 0.25) is 0 Å². The summed E-state index contributed by atoms with van der Waals surface area (Å²) in [4.78, 5) is 13.3. The largest absolute Gasteiger partial charge is 0.328 e. The van der Waals surface area contributed by atoms with Crippen LogP contribution < -0.4 is 5.49 Å². The van der Waals surface area contributed by atoms with E-state index in [0.29, 0.717) is 11.9 Å². The van der Waals surface area contributed by atoms with Gasteiger partial charge >= 0.3 is 0 Å². The average Bonchev–Trinajstić information content (AvgIpc) is 2.98. The molecule has 0 fully saturated rings. The molecule has 2 N–H and O–H groups in total. The van der Waals surface area contributed by atoms with Gasteiger partial charge in [0.15, 0.2) is 16.3 Å². The van der Waals surface area contributed by atoms with E-state index in [1.54, 1.807) is 18.1 Å². The second-order valence-corrected chi connectivity index (χ2v) is 7.16. The lowest BCUT2D eigenvalue weighted by Gasteiger charge is -2.08. The van der Waals surface area contributed by atoms with Crippen molar-refractivity contribution in [2.75, 3.05) is 0 Å². The Labute approximate surface area is 151 Å². The second-order valence-electron chi connectivity index (χ2n) is 6.16. The number of terminal acetylenes is 1. The minimum atomic E-state index is 0.208. The van der Waals surface area contributed by atoms with Gasteiger partial charge in [-0.2, -0.15) is 0 Å². The van der Waals surface area contributed by atoms with Crippen LogP contribution >= 0.6 is 11.8 Å². The van der Waals surface area contributed by atoms with E-state index in [-0.39, 0.29) is 5.49 Å². The van der Waals surface area contributed by atoms with E-state index in [1.807, 2.05) is 4.57 Å². The van der Waals surface area contributed by atoms with E-state index in [4.69, 9.17) is 16.8 Å². The Hall–Kier alpha value is -2.52. The quantitative estimate of drug-likeness (QED) is 0.543. The van der Waals surface area contributed by atoms with Crippen LogP contribution in [0.1, 0.15) is 29.5 Å². The van der Waals surface area contributed by atoms with Gasteiger partial charge < -0.3 is 9.55 Å². The van der Waals surface area contributed by atoms with Crippen molar-refractivity contribution in [3.8, 4) is 12.3 Å². The lowest BCUT2D eigenvalue weighted by atomic mass is 10.1. The highest BCUT2D eigenvalue weighted by Gasteiger charge is 2.12. The van der Waals surface area contributed by atoms with Crippen molar-refractivity contribution in [2.45, 2.75) is 50.2 Å². The van der Waals surface area contributed by atoms with E-state index < -0.39 is 0 Å². The van der Waals surface area contributed by atoms with Crippen molar-refractivity contribution < 1.29 is 0 Å². The van der Waals surface area contributed by atoms with Gasteiger partial charge in [-0.05, 0) is 38.3 Å². The fraction of sp³-hybridized carbons (Fsp3) is 0.316. The molecule has 2 heterocycles. The Morgan fingerprint density at radius 2 is 2.00 bits per heavy atom. The van der Waals surface area contributed by atoms with Crippen LogP contribution in [0, 0.1) is 38.5 Å². The second kappa shape index (κ2) is 7.16. The number of fused-ring (bicyclic) bond motifs is 1. The van der Waals surface area contributed by atoms with Crippen molar-refractivity contribution in [2.24, 2.45) is 0 Å². The standard InChI is InChI=1S/C19H21N5S/c1-5-6-7-8-24-11-21-17(20)15-18(24)23-19(22-15)25-16-13(3)9-12(2)10-14(16)4/h1,9-11,20H,6-8H2,2-4H3,(H,22,23). The molecule has 25 heavy (non-hydrogen) atoms. The van der Waals surface area contributed by atoms with Gasteiger partial charge in [0.05, 0.1) is 6.33 Å². The molecule has 0 spiro atoms. The molecule has 2 aromatic heterocycles. The van der Waals surface area contributed by atoms with Crippen molar-refractivity contribution >= 4 is 22.9 Å². The summed E-state index contributed by atoms with van der Waals surface area (Å²) in [5.41, 5.74) is 5.34. The van der Waals surface area contributed by atoms with Gasteiger partial charge in [-0.25, -0.2) is 9.97 Å². The highest BCUT2D eigenvalue weighted by molar-refractivity contribution is 7.99. The van der Waals surface area contributed by atoms with Gasteiger partial charge in [-0.15, -0.1) is 12.3 Å². The molecule has 0 saturated carbocycles. The molecule has 0 aliphatic rings. The Morgan fingerprint density at radius 3 is 2.68 bits per heavy atom. The smallest absolute Gasteiger partial charge is 0.173 e. The third kappa shape index (κ3) is 3.62. The van der Waals surface area contributed by atoms with Crippen LogP contribution in [-0.2, 0) is 6.54 Å². The number of unbranched alkanes of at least 4 members (excludes halogenated alkanes) is 1. The van der Waals surface area contributed by atoms with Gasteiger partial charge in [-0.3, -0.25) is 5.41 Å². The molecule has 0 aliphatic carbocycles. The normalized spacial score (nSPS) is 11.0. The maximum absolute atomic E-state index is 8.04. The van der Waals surface area contributed by atoms with Gasteiger partial charge in [0, 0.05) is 17.9 Å². The van der Waals surface area contributed by atoms with Crippen LogP contribution in [0.2, 0.25) is 0 Å². The summed E-state index contributed by atoms with van der Waals surface area (Å²) in [5, 5.41) is 8.82. The number of nitrogens with zero attached hydrogens (tertiary/aromatic N) is 3. The zero-order valence-electron chi connectivity index (χ0n) is 14.7. The van der Waals surface area contributed by atoms with Crippen LogP contribution in [0.3, 0.4) is 0 Å². The van der Waals surface area contributed by atoms with Gasteiger partial charge in [-0.1, -0.05) is 29.5 Å². The molecule has 0 bridgehead atoms. The first-order valence-electron chi connectivity index (χ1n) is 8.18. The van der Waals surface area contributed by atoms with E-state index in [9.17, 15) is 0 Å². The maximum atomic E-state index is 8.04. The van der Waals surface area contributed by atoms with E-state index in [2.05, 4.69) is 48.8 Å². The summed E-state index contributed by atoms with van der Waals surface area (Å²) in [6.07, 6.45) is 8.57. The molecule has 3 aromatic rings. The molecule has 0 unspecified atom stereocenters. The molecular weight excluding hydrogens is 330 g/mol. The lowest BCUT2D eigenvalue weighted by molar-refractivity contribution is 0.653. The number of benzene rings is 1. The van der Waals surface area contributed by atoms with E-state index in [0.717, 1.165) is 23.8 Å². The van der Waals surface area contributed by atoms with Crippen LogP contribution in [-0.4, -0.2) is 19.5 Å². The zero-order valence-corrected chi connectivity index (χ0v) is 15.5. The van der Waals surface area contributed by atoms with Crippen LogP contribution in [0.5, 0.6) is 0 Å². The first kappa shape index (κ1) is 17.3. The molecule has 3 rings (SSSR count). The van der Waals surface area contributed by atoms with Gasteiger partial charge in [0.25, 0.3) is 0 Å². The fourth-order valence-electron chi connectivity index (χ4n) is 2.95. The third-order valence-corrected chi connectivity index (χ3v) is 5.26. The predicted molar refractivity (Wildman–Crippen MR) is 101 cm³/mol. The molecule has 1 aromatic carbocycles. The number of aromatic nitrogens is 4. The van der Waals surface area contributed by atoms with Crippen molar-refractivity contribution in [1.82, 2.24) is 19.5 Å². The van der Waals surface area contributed by atoms with Crippen molar-refractivity contribution in [1.29, 1.82) is 5.41 Å². The number of aromatic amines is 1. The topological polar surface area (TPSA) is 70.3 Å². The summed E-state index contributed by atoms with van der Waals surface area (Å²) >= 11 is 1.60.